The van der Waals surface area contributed by atoms with Crippen LogP contribution in [-0.2, 0) is 27.1 Å². The highest BCUT2D eigenvalue weighted by molar-refractivity contribution is 7.16. The average molecular weight is 533 g/mol. The molecular formula is C23H24ClF3N2O5S. The second kappa shape index (κ2) is 10.9. The molecule has 0 spiro atoms. The quantitative estimate of drug-likeness (QED) is 0.292. The smallest absolute Gasteiger partial charge is 0.441 e. The molecule has 0 aliphatic heterocycles. The molecule has 1 aromatic carbocycles. The Kier molecular flexibility index (Phi) is 8.32. The zero-order valence-corrected chi connectivity index (χ0v) is 20.6. The predicted molar refractivity (Wildman–Crippen MR) is 125 cm³/mol. The number of ether oxygens (including phenoxy) is 2. The number of benzene rings is 1. The van der Waals surface area contributed by atoms with Crippen LogP contribution >= 0.6 is 22.9 Å². The molecule has 1 amide bonds. The minimum absolute atomic E-state index is 0.0840. The van der Waals surface area contributed by atoms with Crippen molar-refractivity contribution in [3.8, 4) is 0 Å². The molecule has 3 rings (SSSR count). The van der Waals surface area contributed by atoms with E-state index in [0.29, 0.717) is 18.4 Å². The van der Waals surface area contributed by atoms with Crippen LogP contribution in [0.2, 0.25) is 5.02 Å². The van der Waals surface area contributed by atoms with Gasteiger partial charge in [0.1, 0.15) is 5.00 Å². The van der Waals surface area contributed by atoms with E-state index >= 15 is 0 Å². The third-order valence-electron chi connectivity index (χ3n) is 5.54. The molecule has 0 unspecified atom stereocenters. The second-order valence-electron chi connectivity index (χ2n) is 7.79. The summed E-state index contributed by atoms with van der Waals surface area (Å²) in [6, 6.07) is 5.47. The third kappa shape index (κ3) is 5.40. The van der Waals surface area contributed by atoms with Crippen molar-refractivity contribution in [2.45, 2.75) is 50.9 Å². The number of rotatable bonds is 7. The molecule has 2 N–H and O–H groups in total. The van der Waals surface area contributed by atoms with Crippen molar-refractivity contribution in [2.24, 2.45) is 0 Å². The minimum Gasteiger partial charge on any atom is -0.465 e. The van der Waals surface area contributed by atoms with E-state index in [9.17, 15) is 27.6 Å². The normalized spacial score (nSPS) is 15.3. The van der Waals surface area contributed by atoms with Gasteiger partial charge in [0, 0.05) is 4.88 Å². The maximum Gasteiger partial charge on any atom is 0.441 e. The van der Waals surface area contributed by atoms with Gasteiger partial charge in [-0.25, -0.2) is 9.59 Å². The van der Waals surface area contributed by atoms with E-state index in [-0.39, 0.29) is 27.8 Å². The van der Waals surface area contributed by atoms with Crippen molar-refractivity contribution in [1.82, 2.24) is 5.32 Å². The molecule has 12 heteroatoms. The number of amides is 1. The van der Waals surface area contributed by atoms with E-state index < -0.39 is 29.7 Å². The zero-order valence-electron chi connectivity index (χ0n) is 19.0. The van der Waals surface area contributed by atoms with Gasteiger partial charge in [-0.2, -0.15) is 13.2 Å². The van der Waals surface area contributed by atoms with Gasteiger partial charge in [0.25, 0.3) is 5.91 Å². The molecule has 7 nitrogen and oxygen atoms in total. The van der Waals surface area contributed by atoms with Gasteiger partial charge >= 0.3 is 23.8 Å². The Morgan fingerprint density at radius 2 is 1.80 bits per heavy atom. The predicted octanol–water partition coefficient (Wildman–Crippen LogP) is 5.12. The fourth-order valence-corrected chi connectivity index (χ4v) is 5.39. The Morgan fingerprint density at radius 1 is 1.11 bits per heavy atom. The monoisotopic (exact) mass is 532 g/mol. The number of carbonyl (C=O) groups is 3. The van der Waals surface area contributed by atoms with E-state index in [0.717, 1.165) is 42.6 Å². The minimum atomic E-state index is -5.37. The lowest BCUT2D eigenvalue weighted by Gasteiger charge is -2.35. The summed E-state index contributed by atoms with van der Waals surface area (Å²) in [4.78, 5) is 39.1. The Hall–Kier alpha value is -2.79. The van der Waals surface area contributed by atoms with Crippen LogP contribution in [0.25, 0.3) is 0 Å². The summed E-state index contributed by atoms with van der Waals surface area (Å²) in [6.45, 7) is 0.952. The number of methoxy groups -OCH3 is 1. The first-order valence-corrected chi connectivity index (χ1v) is 12.1. The summed E-state index contributed by atoms with van der Waals surface area (Å²) in [7, 11) is 1.12. The highest BCUT2D eigenvalue weighted by Crippen LogP contribution is 2.42. The van der Waals surface area contributed by atoms with Crippen LogP contribution in [0.15, 0.2) is 24.3 Å². The van der Waals surface area contributed by atoms with Crippen LogP contribution in [0, 0.1) is 0 Å². The van der Waals surface area contributed by atoms with Crippen LogP contribution in [-0.4, -0.2) is 43.4 Å². The van der Waals surface area contributed by atoms with Gasteiger partial charge in [-0.15, -0.1) is 11.3 Å². The molecule has 1 aliphatic carbocycles. The van der Waals surface area contributed by atoms with E-state index in [1.54, 1.807) is 5.32 Å². The number of nitrogens with one attached hydrogen (secondary N) is 2. The van der Waals surface area contributed by atoms with Gasteiger partial charge in [0.15, 0.2) is 0 Å². The first kappa shape index (κ1) is 26.8. The Bertz CT molecular complexity index is 1120. The molecule has 1 aliphatic rings. The maximum atomic E-state index is 14.7. The topological polar surface area (TPSA) is 93.7 Å². The molecule has 35 heavy (non-hydrogen) atoms. The van der Waals surface area contributed by atoms with Crippen LogP contribution in [0.5, 0.6) is 0 Å². The number of halogens is 4. The molecular weight excluding hydrogens is 509 g/mol. The number of thiophene rings is 1. The number of alkyl halides is 3. The lowest BCUT2D eigenvalue weighted by molar-refractivity contribution is -0.204. The van der Waals surface area contributed by atoms with Gasteiger partial charge in [0.05, 0.1) is 29.9 Å². The number of aryl methyl sites for hydroxylation is 1. The van der Waals surface area contributed by atoms with Crippen LogP contribution < -0.4 is 10.6 Å². The third-order valence-corrected chi connectivity index (χ3v) is 7.08. The first-order valence-electron chi connectivity index (χ1n) is 10.9. The molecule has 0 radical (unpaired) electrons. The number of hydrogen-bond acceptors (Lipinski definition) is 7. The fourth-order valence-electron chi connectivity index (χ4n) is 3.83. The van der Waals surface area contributed by atoms with E-state index in [2.05, 4.69) is 5.32 Å². The van der Waals surface area contributed by atoms with E-state index in [4.69, 9.17) is 21.1 Å². The summed E-state index contributed by atoms with van der Waals surface area (Å²) in [6.07, 6.45) is -1.87. The van der Waals surface area contributed by atoms with Crippen LogP contribution in [0.1, 0.15) is 57.3 Å². The Labute approximate surface area is 208 Å². The lowest BCUT2D eigenvalue weighted by atomic mass is 10.0. The van der Waals surface area contributed by atoms with Crippen LogP contribution in [0.3, 0.4) is 0 Å². The molecule has 0 fully saturated rings. The molecule has 0 saturated carbocycles. The Morgan fingerprint density at radius 3 is 2.43 bits per heavy atom. The highest BCUT2D eigenvalue weighted by Gasteiger charge is 2.64. The fraction of sp³-hybridized carbons (Fsp3) is 0.435. The molecule has 0 bridgehead atoms. The number of hydrogen-bond donors (Lipinski definition) is 2. The van der Waals surface area contributed by atoms with Crippen molar-refractivity contribution in [2.75, 3.05) is 19.0 Å². The summed E-state index contributed by atoms with van der Waals surface area (Å²) in [5.74, 6) is -3.89. The first-order chi connectivity index (χ1) is 16.6. The summed E-state index contributed by atoms with van der Waals surface area (Å²) >= 11 is 6.92. The van der Waals surface area contributed by atoms with E-state index in [1.165, 1.54) is 31.2 Å². The lowest BCUT2D eigenvalue weighted by Crippen LogP contribution is -2.69. The molecule has 1 atom stereocenters. The maximum absolute atomic E-state index is 14.7. The summed E-state index contributed by atoms with van der Waals surface area (Å²) in [5.41, 5.74) is -3.48. The number of fused-ring (bicyclic) bond motifs is 1. The zero-order chi connectivity index (χ0) is 25.8. The van der Waals surface area contributed by atoms with Crippen molar-refractivity contribution in [1.29, 1.82) is 0 Å². The van der Waals surface area contributed by atoms with Gasteiger partial charge < -0.3 is 20.1 Å². The van der Waals surface area contributed by atoms with E-state index in [1.807, 2.05) is 0 Å². The molecule has 190 valence electrons. The summed E-state index contributed by atoms with van der Waals surface area (Å²) < 4.78 is 53.5. The van der Waals surface area contributed by atoms with Crippen molar-refractivity contribution in [3.63, 3.8) is 0 Å². The largest absolute Gasteiger partial charge is 0.465 e. The molecule has 0 saturated heterocycles. The standard InChI is InChI=1S/C23H24ClF3N2O5S/c1-3-34-21(32)22(23(25,26)27,28-18(30)13-9-7-8-11-15(13)24)29-19-17(20(31)33-2)14-10-5-4-6-12-16(14)35-19/h7-9,11,29H,3-6,10,12H2,1-2H3,(H,28,30)/t22-/m1/s1. The van der Waals surface area contributed by atoms with Gasteiger partial charge in [-0.3, -0.25) is 4.79 Å². The number of anilines is 1. The van der Waals surface area contributed by atoms with Gasteiger partial charge in [-0.05, 0) is 50.3 Å². The van der Waals surface area contributed by atoms with Gasteiger partial charge in [0.2, 0.25) is 0 Å². The Balaban J connectivity index is 2.16. The molecule has 1 heterocycles. The number of esters is 2. The average Bonchev–Trinajstić information content (AvgIpc) is 2.97. The summed E-state index contributed by atoms with van der Waals surface area (Å²) in [5, 5.41) is 3.55. The van der Waals surface area contributed by atoms with Gasteiger partial charge in [-0.1, -0.05) is 30.2 Å². The van der Waals surface area contributed by atoms with Crippen molar-refractivity contribution in [3.05, 3.63) is 50.9 Å². The van der Waals surface area contributed by atoms with Crippen molar-refractivity contribution >= 4 is 45.8 Å². The highest BCUT2D eigenvalue weighted by atomic mass is 35.5. The molecule has 2 aromatic rings. The van der Waals surface area contributed by atoms with Crippen LogP contribution in [0.4, 0.5) is 18.2 Å². The molecule has 1 aromatic heterocycles. The van der Waals surface area contributed by atoms with Crippen molar-refractivity contribution < 1.29 is 37.0 Å². The SMILES string of the molecule is CCOC(=O)[C@@](NC(=O)c1ccccc1Cl)(Nc1sc2c(c1C(=O)OC)CCCCC2)C(F)(F)F. The second-order valence-corrected chi connectivity index (χ2v) is 9.30. The number of carbonyl (C=O) groups excluding carboxylic acids is 3.